The van der Waals surface area contributed by atoms with Gasteiger partial charge in [-0.05, 0) is 36.3 Å². The predicted octanol–water partition coefficient (Wildman–Crippen LogP) is 4.01. The van der Waals surface area contributed by atoms with Gasteiger partial charge >= 0.3 is 18.0 Å². The predicted molar refractivity (Wildman–Crippen MR) is 106 cm³/mol. The molecule has 30 heavy (non-hydrogen) atoms. The number of alkyl carbamates (subject to hydrolysis) is 1. The van der Waals surface area contributed by atoms with Gasteiger partial charge in [-0.1, -0.05) is 42.5 Å². The molecular weight excluding hydrogens is 393 g/mol. The number of carbonyl (C=O) groups excluding carboxylic acids is 2. The number of halogens is 1. The first kappa shape index (κ1) is 22.6. The molecule has 0 aromatic heterocycles. The Morgan fingerprint density at radius 1 is 1.10 bits per heavy atom. The number of hydrogen-bond donors (Lipinski definition) is 2. The Morgan fingerprint density at radius 3 is 2.30 bits per heavy atom. The normalized spacial score (nSPS) is 13.1. The number of aliphatic carboxylic acids is 1. The fourth-order valence-corrected chi connectivity index (χ4v) is 2.53. The van der Waals surface area contributed by atoms with Gasteiger partial charge in [-0.25, -0.2) is 14.0 Å². The summed E-state index contributed by atoms with van der Waals surface area (Å²) in [4.78, 5) is 34.9. The van der Waals surface area contributed by atoms with Crippen LogP contribution in [0.4, 0.5) is 9.18 Å². The average molecular weight is 415 g/mol. The summed E-state index contributed by atoms with van der Waals surface area (Å²) < 4.78 is 24.6. The number of benzene rings is 2. The number of carboxylic acid groups (broad SMARTS) is 1. The fraction of sp³-hybridized carbons (Fsp3) is 0.227. The average Bonchev–Trinajstić information content (AvgIpc) is 2.76. The molecule has 2 aromatic rings. The van der Waals surface area contributed by atoms with E-state index in [0.717, 1.165) is 11.6 Å². The Hall–Kier alpha value is -3.68. The van der Waals surface area contributed by atoms with E-state index in [-0.39, 0.29) is 12.2 Å². The van der Waals surface area contributed by atoms with Crippen LogP contribution in [0.15, 0.2) is 66.5 Å². The lowest BCUT2D eigenvalue weighted by Gasteiger charge is -2.18. The van der Waals surface area contributed by atoms with Gasteiger partial charge in [-0.3, -0.25) is 4.79 Å². The lowest BCUT2D eigenvalue weighted by molar-refractivity contribution is -0.139. The van der Waals surface area contributed by atoms with E-state index in [1.54, 1.807) is 24.3 Å². The molecule has 0 saturated carbocycles. The summed E-state index contributed by atoms with van der Waals surface area (Å²) >= 11 is 0. The van der Waals surface area contributed by atoms with E-state index in [1.807, 2.05) is 6.07 Å². The topological polar surface area (TPSA) is 102 Å². The van der Waals surface area contributed by atoms with Crippen molar-refractivity contribution in [1.82, 2.24) is 5.32 Å². The van der Waals surface area contributed by atoms with E-state index in [2.05, 4.69) is 10.1 Å². The van der Waals surface area contributed by atoms with E-state index in [4.69, 9.17) is 9.84 Å². The van der Waals surface area contributed by atoms with Crippen molar-refractivity contribution in [2.45, 2.75) is 19.6 Å². The standard InChI is InChI=1S/C22H22FNO6/c1-14(20(25)26)12-18(23)19(16-8-10-17(11-9-16)21(27)29-2)24-22(28)30-13-15-6-4-3-5-7-15/h3-12,14,19H,13H2,1-2H3,(H,24,28)(H,25,26)/b18-12-/t14-,19?/m1/s1. The third kappa shape index (κ3) is 6.44. The minimum Gasteiger partial charge on any atom is -0.481 e. The molecule has 8 heteroatoms. The van der Waals surface area contributed by atoms with Crippen LogP contribution >= 0.6 is 0 Å². The maximum absolute atomic E-state index is 14.8. The highest BCUT2D eigenvalue weighted by Crippen LogP contribution is 2.25. The first-order valence-electron chi connectivity index (χ1n) is 9.07. The Kier molecular flexibility index (Phi) is 8.10. The van der Waals surface area contributed by atoms with Crippen LogP contribution in [-0.4, -0.2) is 30.2 Å². The highest BCUT2D eigenvalue weighted by Gasteiger charge is 2.23. The van der Waals surface area contributed by atoms with E-state index in [0.29, 0.717) is 5.56 Å². The van der Waals surface area contributed by atoms with Crippen molar-refractivity contribution in [3.8, 4) is 0 Å². The van der Waals surface area contributed by atoms with Crippen LogP contribution in [0.1, 0.15) is 34.5 Å². The van der Waals surface area contributed by atoms with Crippen molar-refractivity contribution >= 4 is 18.0 Å². The molecule has 0 bridgehead atoms. The van der Waals surface area contributed by atoms with E-state index >= 15 is 0 Å². The monoisotopic (exact) mass is 415 g/mol. The second kappa shape index (κ2) is 10.8. The number of carboxylic acids is 1. The molecule has 0 heterocycles. The van der Waals surface area contributed by atoms with Crippen molar-refractivity contribution in [2.75, 3.05) is 7.11 Å². The number of methoxy groups -OCH3 is 1. The number of esters is 1. The third-order valence-corrected chi connectivity index (χ3v) is 4.21. The van der Waals surface area contributed by atoms with Crippen molar-refractivity contribution in [1.29, 1.82) is 0 Å². The van der Waals surface area contributed by atoms with Gasteiger partial charge in [0, 0.05) is 0 Å². The third-order valence-electron chi connectivity index (χ3n) is 4.21. The summed E-state index contributed by atoms with van der Waals surface area (Å²) in [7, 11) is 1.24. The van der Waals surface area contributed by atoms with Crippen LogP contribution in [0, 0.1) is 5.92 Å². The molecule has 158 valence electrons. The van der Waals surface area contributed by atoms with Gasteiger partial charge in [-0.2, -0.15) is 0 Å². The maximum atomic E-state index is 14.8. The first-order valence-corrected chi connectivity index (χ1v) is 9.07. The quantitative estimate of drug-likeness (QED) is 0.632. The molecule has 2 N–H and O–H groups in total. The second-order valence-electron chi connectivity index (χ2n) is 6.43. The lowest BCUT2D eigenvalue weighted by atomic mass is 10.0. The molecule has 0 spiro atoms. The van der Waals surface area contributed by atoms with Crippen LogP contribution in [-0.2, 0) is 20.9 Å². The second-order valence-corrected chi connectivity index (χ2v) is 6.43. The molecule has 1 unspecified atom stereocenters. The number of carbonyl (C=O) groups is 3. The molecule has 2 atom stereocenters. The van der Waals surface area contributed by atoms with Gasteiger partial charge in [0.1, 0.15) is 18.5 Å². The number of hydrogen-bond acceptors (Lipinski definition) is 5. The van der Waals surface area contributed by atoms with Crippen LogP contribution in [0.2, 0.25) is 0 Å². The zero-order chi connectivity index (χ0) is 22.1. The molecule has 0 aliphatic carbocycles. The van der Waals surface area contributed by atoms with Crippen LogP contribution in [0.3, 0.4) is 0 Å². The Morgan fingerprint density at radius 2 is 1.73 bits per heavy atom. The molecule has 0 aliphatic rings. The molecule has 2 rings (SSSR count). The molecule has 0 saturated heterocycles. The molecule has 0 radical (unpaired) electrons. The molecule has 2 aromatic carbocycles. The van der Waals surface area contributed by atoms with Gasteiger partial charge < -0.3 is 19.9 Å². The van der Waals surface area contributed by atoms with Crippen molar-refractivity contribution in [3.05, 3.63) is 83.2 Å². The number of rotatable bonds is 8. The maximum Gasteiger partial charge on any atom is 0.408 e. The number of ether oxygens (including phenoxy) is 2. The molecule has 0 fully saturated rings. The number of nitrogens with one attached hydrogen (secondary N) is 1. The van der Waals surface area contributed by atoms with E-state index in [9.17, 15) is 18.8 Å². The lowest BCUT2D eigenvalue weighted by Crippen LogP contribution is -2.30. The summed E-state index contributed by atoms with van der Waals surface area (Å²) in [5.41, 5.74) is 1.29. The minimum absolute atomic E-state index is 0.0163. The summed E-state index contributed by atoms with van der Waals surface area (Å²) in [6, 6.07) is 13.4. The van der Waals surface area contributed by atoms with Gasteiger partial charge in [0.05, 0.1) is 18.6 Å². The van der Waals surface area contributed by atoms with Crippen LogP contribution in [0.25, 0.3) is 0 Å². The molecule has 7 nitrogen and oxygen atoms in total. The number of amides is 1. The molecule has 1 amide bonds. The van der Waals surface area contributed by atoms with Crippen molar-refractivity contribution in [2.24, 2.45) is 5.92 Å². The summed E-state index contributed by atoms with van der Waals surface area (Å²) in [5, 5.41) is 11.4. The molecule has 0 aliphatic heterocycles. The van der Waals surface area contributed by atoms with Gasteiger partial charge in [0.2, 0.25) is 0 Å². The highest BCUT2D eigenvalue weighted by atomic mass is 19.1. The van der Waals surface area contributed by atoms with E-state index < -0.39 is 35.8 Å². The summed E-state index contributed by atoms with van der Waals surface area (Å²) in [6.07, 6.45) is 0.0195. The summed E-state index contributed by atoms with van der Waals surface area (Å²) in [5.74, 6) is -3.75. The van der Waals surface area contributed by atoms with Gasteiger partial charge in [0.15, 0.2) is 0 Å². The van der Waals surface area contributed by atoms with Crippen LogP contribution in [0.5, 0.6) is 0 Å². The Balaban J connectivity index is 2.21. The van der Waals surface area contributed by atoms with Gasteiger partial charge in [0.25, 0.3) is 0 Å². The largest absolute Gasteiger partial charge is 0.481 e. The Bertz CT molecular complexity index is 911. The first-order chi connectivity index (χ1) is 14.3. The van der Waals surface area contributed by atoms with Crippen LogP contribution < -0.4 is 5.32 Å². The highest BCUT2D eigenvalue weighted by molar-refractivity contribution is 5.89. The van der Waals surface area contributed by atoms with Gasteiger partial charge in [-0.15, -0.1) is 0 Å². The summed E-state index contributed by atoms with van der Waals surface area (Å²) in [6.45, 7) is 1.30. The zero-order valence-corrected chi connectivity index (χ0v) is 16.5. The smallest absolute Gasteiger partial charge is 0.408 e. The van der Waals surface area contributed by atoms with Crippen molar-refractivity contribution in [3.63, 3.8) is 0 Å². The Labute approximate surface area is 173 Å². The van der Waals surface area contributed by atoms with E-state index in [1.165, 1.54) is 38.3 Å². The zero-order valence-electron chi connectivity index (χ0n) is 16.5. The van der Waals surface area contributed by atoms with Crippen molar-refractivity contribution < 1.29 is 33.4 Å². The fourth-order valence-electron chi connectivity index (χ4n) is 2.53. The minimum atomic E-state index is -1.29. The SMILES string of the molecule is COC(=O)c1ccc(C(NC(=O)OCc2ccccc2)/C(F)=C/[C@@H](C)C(=O)O)cc1. The molecular formula is C22H22FNO6.